The highest BCUT2D eigenvalue weighted by Gasteiger charge is 2.40. The molecule has 0 bridgehead atoms. The summed E-state index contributed by atoms with van der Waals surface area (Å²) < 4.78 is 5.85. The standard InChI is InChI=1S/C26H23N3O3/c1-14(2)19-13-16-6-4-8-18-22(27-10-11-29(19)23(16)18)21-20(25(30)28-26(21)31)17-7-3-5-15-9-12-32-24(15)17/h3-8,10-11,14,19H,9,12-13H2,1-2H3,(H,28,30,31). The minimum absolute atomic E-state index is 0.312. The largest absolute Gasteiger partial charge is 0.492 e. The summed E-state index contributed by atoms with van der Waals surface area (Å²) in [7, 11) is 0. The third kappa shape index (κ3) is 2.62. The highest BCUT2D eigenvalue weighted by atomic mass is 16.5. The number of ether oxygens (including phenoxy) is 1. The summed E-state index contributed by atoms with van der Waals surface area (Å²) >= 11 is 0. The molecule has 0 radical (unpaired) electrons. The predicted octanol–water partition coefficient (Wildman–Crippen LogP) is 3.39. The molecule has 1 N–H and O–H groups in total. The molecule has 32 heavy (non-hydrogen) atoms. The molecule has 0 aliphatic carbocycles. The van der Waals surface area contributed by atoms with Crippen LogP contribution in [0.15, 0.2) is 59.4 Å². The predicted molar refractivity (Wildman–Crippen MR) is 123 cm³/mol. The first-order chi connectivity index (χ1) is 15.5. The van der Waals surface area contributed by atoms with E-state index in [0.29, 0.717) is 46.7 Å². The summed E-state index contributed by atoms with van der Waals surface area (Å²) in [5.74, 6) is 0.317. The summed E-state index contributed by atoms with van der Waals surface area (Å²) in [6.07, 6.45) is 5.47. The zero-order valence-electron chi connectivity index (χ0n) is 18.0. The molecule has 6 heteroatoms. The zero-order valence-corrected chi connectivity index (χ0v) is 18.0. The van der Waals surface area contributed by atoms with E-state index in [1.807, 2.05) is 36.5 Å². The number of hydrogen-bond donors (Lipinski definition) is 1. The number of hydrogen-bond acceptors (Lipinski definition) is 5. The molecule has 6 rings (SSSR count). The number of carbonyl (C=O) groups is 2. The number of aliphatic imine (C=N–C) groups is 1. The van der Waals surface area contributed by atoms with Crippen molar-refractivity contribution in [3.8, 4) is 5.75 Å². The lowest BCUT2D eigenvalue weighted by Gasteiger charge is -2.27. The number of para-hydroxylation sites is 2. The number of anilines is 1. The van der Waals surface area contributed by atoms with Crippen LogP contribution in [-0.2, 0) is 22.4 Å². The van der Waals surface area contributed by atoms with Gasteiger partial charge in [0.2, 0.25) is 0 Å². The van der Waals surface area contributed by atoms with Crippen molar-refractivity contribution in [2.45, 2.75) is 32.7 Å². The molecule has 2 amide bonds. The molecular formula is C26H23N3O3. The van der Waals surface area contributed by atoms with Gasteiger partial charge in [0.15, 0.2) is 0 Å². The highest BCUT2D eigenvalue weighted by Crippen LogP contribution is 2.43. The SMILES string of the molecule is CC(C)C1Cc2cccc3c2N1C=CN=C3C1=C(c2cccc3c2OCC3)C(=O)NC1=O. The Morgan fingerprint density at radius 3 is 2.59 bits per heavy atom. The molecule has 4 heterocycles. The van der Waals surface area contributed by atoms with Crippen molar-refractivity contribution in [3.63, 3.8) is 0 Å². The van der Waals surface area contributed by atoms with Crippen LogP contribution in [0.5, 0.6) is 5.75 Å². The van der Waals surface area contributed by atoms with E-state index in [0.717, 1.165) is 29.7 Å². The molecule has 0 saturated carbocycles. The first-order valence-corrected chi connectivity index (χ1v) is 11.0. The van der Waals surface area contributed by atoms with E-state index in [2.05, 4.69) is 30.1 Å². The smallest absolute Gasteiger partial charge is 0.261 e. The molecule has 2 aromatic rings. The number of carbonyl (C=O) groups excluding carboxylic acids is 2. The van der Waals surface area contributed by atoms with Crippen LogP contribution in [-0.4, -0.2) is 30.2 Å². The number of fused-ring (bicyclic) bond motifs is 1. The van der Waals surface area contributed by atoms with Gasteiger partial charge in [-0.1, -0.05) is 50.2 Å². The molecule has 4 aliphatic heterocycles. The van der Waals surface area contributed by atoms with Gasteiger partial charge in [-0.3, -0.25) is 19.9 Å². The van der Waals surface area contributed by atoms with E-state index in [-0.39, 0.29) is 0 Å². The van der Waals surface area contributed by atoms with Crippen molar-refractivity contribution in [1.82, 2.24) is 5.32 Å². The Morgan fingerprint density at radius 2 is 1.78 bits per heavy atom. The molecule has 2 aromatic carbocycles. The van der Waals surface area contributed by atoms with Gasteiger partial charge in [-0.05, 0) is 23.5 Å². The number of nitrogens with zero attached hydrogens (tertiary/aromatic N) is 2. The van der Waals surface area contributed by atoms with E-state index >= 15 is 0 Å². The first-order valence-electron chi connectivity index (χ1n) is 11.0. The monoisotopic (exact) mass is 425 g/mol. The quantitative estimate of drug-likeness (QED) is 0.766. The van der Waals surface area contributed by atoms with Gasteiger partial charge in [0.25, 0.3) is 11.8 Å². The second-order valence-electron chi connectivity index (χ2n) is 8.94. The lowest BCUT2D eigenvalue weighted by Crippen LogP contribution is -2.32. The van der Waals surface area contributed by atoms with E-state index in [1.165, 1.54) is 5.56 Å². The van der Waals surface area contributed by atoms with Crippen LogP contribution in [0.4, 0.5) is 5.69 Å². The number of benzene rings is 2. The van der Waals surface area contributed by atoms with E-state index in [1.54, 1.807) is 6.20 Å². The third-order valence-corrected chi connectivity index (χ3v) is 6.77. The first kappa shape index (κ1) is 19.0. The van der Waals surface area contributed by atoms with Crippen LogP contribution in [0.3, 0.4) is 0 Å². The van der Waals surface area contributed by atoms with Crippen molar-refractivity contribution in [2.24, 2.45) is 10.9 Å². The molecule has 4 aliphatic rings. The lowest BCUT2D eigenvalue weighted by molar-refractivity contribution is -0.123. The molecule has 0 aromatic heterocycles. The van der Waals surface area contributed by atoms with Gasteiger partial charge in [-0.25, -0.2) is 0 Å². The fraction of sp³-hybridized carbons (Fsp3) is 0.269. The summed E-state index contributed by atoms with van der Waals surface area (Å²) in [6.45, 7) is 5.01. The number of imide groups is 1. The van der Waals surface area contributed by atoms with Gasteiger partial charge < -0.3 is 9.64 Å². The Morgan fingerprint density at radius 1 is 1.03 bits per heavy atom. The summed E-state index contributed by atoms with van der Waals surface area (Å²) in [5, 5.41) is 2.50. The van der Waals surface area contributed by atoms with Crippen molar-refractivity contribution in [3.05, 3.63) is 76.6 Å². The highest BCUT2D eigenvalue weighted by molar-refractivity contribution is 6.48. The lowest BCUT2D eigenvalue weighted by atomic mass is 9.91. The normalized spacial score (nSPS) is 20.9. The Bertz CT molecular complexity index is 1290. The van der Waals surface area contributed by atoms with Gasteiger partial charge in [0.05, 0.1) is 29.2 Å². The molecule has 1 unspecified atom stereocenters. The molecule has 6 nitrogen and oxygen atoms in total. The fourth-order valence-electron chi connectivity index (χ4n) is 5.28. The van der Waals surface area contributed by atoms with Crippen molar-refractivity contribution in [2.75, 3.05) is 11.5 Å². The topological polar surface area (TPSA) is 71.0 Å². The summed E-state index contributed by atoms with van der Waals surface area (Å²) in [5.41, 5.74) is 6.07. The molecule has 0 spiro atoms. The zero-order chi connectivity index (χ0) is 22.0. The Kier molecular flexibility index (Phi) is 4.12. The minimum Gasteiger partial charge on any atom is -0.492 e. The average Bonchev–Trinajstić information content (AvgIpc) is 3.43. The van der Waals surface area contributed by atoms with Gasteiger partial charge in [-0.15, -0.1) is 0 Å². The van der Waals surface area contributed by atoms with Crippen LogP contribution in [0.1, 0.15) is 36.1 Å². The maximum Gasteiger partial charge on any atom is 0.261 e. The minimum atomic E-state index is -0.419. The van der Waals surface area contributed by atoms with Gasteiger partial charge in [0.1, 0.15) is 5.75 Å². The van der Waals surface area contributed by atoms with Crippen LogP contribution in [0.2, 0.25) is 0 Å². The average molecular weight is 425 g/mol. The number of amides is 2. The third-order valence-electron chi connectivity index (χ3n) is 6.77. The second kappa shape index (κ2) is 6.92. The van der Waals surface area contributed by atoms with Crippen LogP contribution in [0.25, 0.3) is 5.57 Å². The Balaban J connectivity index is 1.58. The van der Waals surface area contributed by atoms with Gasteiger partial charge in [0, 0.05) is 36.0 Å². The van der Waals surface area contributed by atoms with Crippen molar-refractivity contribution >= 4 is 28.8 Å². The van der Waals surface area contributed by atoms with Crippen LogP contribution >= 0.6 is 0 Å². The summed E-state index contributed by atoms with van der Waals surface area (Å²) in [6, 6.07) is 12.2. The Labute approximate surface area is 186 Å². The van der Waals surface area contributed by atoms with Crippen LogP contribution in [0, 0.1) is 5.92 Å². The number of nitrogens with one attached hydrogen (secondary N) is 1. The van der Waals surface area contributed by atoms with E-state index in [4.69, 9.17) is 9.73 Å². The van der Waals surface area contributed by atoms with Crippen molar-refractivity contribution in [1.29, 1.82) is 0 Å². The molecular weight excluding hydrogens is 402 g/mol. The van der Waals surface area contributed by atoms with Crippen LogP contribution < -0.4 is 15.0 Å². The van der Waals surface area contributed by atoms with Gasteiger partial charge in [-0.2, -0.15) is 0 Å². The number of rotatable bonds is 3. The maximum atomic E-state index is 13.1. The fourth-order valence-corrected chi connectivity index (χ4v) is 5.28. The molecule has 160 valence electrons. The van der Waals surface area contributed by atoms with Crippen molar-refractivity contribution < 1.29 is 14.3 Å². The molecule has 0 saturated heterocycles. The molecule has 0 fully saturated rings. The van der Waals surface area contributed by atoms with E-state index in [9.17, 15) is 9.59 Å². The maximum absolute atomic E-state index is 13.1. The van der Waals surface area contributed by atoms with Gasteiger partial charge >= 0.3 is 0 Å². The Hall–Kier alpha value is -3.67. The second-order valence-corrected chi connectivity index (χ2v) is 8.94. The molecule has 1 atom stereocenters. The van der Waals surface area contributed by atoms with E-state index < -0.39 is 11.8 Å². The summed E-state index contributed by atoms with van der Waals surface area (Å²) in [4.78, 5) is 33.1.